The number of carboxylic acids is 1. The van der Waals surface area contributed by atoms with Crippen LogP contribution in [0.1, 0.15) is 39.2 Å². The molecule has 0 spiro atoms. The van der Waals surface area contributed by atoms with Crippen LogP contribution >= 0.6 is 0 Å². The van der Waals surface area contributed by atoms with Crippen LogP contribution in [0.25, 0.3) is 0 Å². The highest BCUT2D eigenvalue weighted by Gasteiger charge is 2.65. The number of hydrogen-bond acceptors (Lipinski definition) is 3. The first-order valence-electron chi connectivity index (χ1n) is 7.02. The Hall–Kier alpha value is -2.04. The fraction of sp³-hybridized carbons (Fsp3) is 0.500. The van der Waals surface area contributed by atoms with Crippen LogP contribution in [0.5, 0.6) is 5.75 Å². The molecule has 1 fully saturated rings. The number of rotatable bonds is 4. The van der Waals surface area contributed by atoms with Gasteiger partial charge in [-0.25, -0.2) is 0 Å². The second-order valence-electron chi connectivity index (χ2n) is 6.54. The molecule has 0 unspecified atom stereocenters. The normalized spacial score (nSPS) is 22.9. The van der Waals surface area contributed by atoms with Crippen molar-refractivity contribution in [2.45, 2.75) is 33.6 Å². The Labute approximate surface area is 124 Å². The summed E-state index contributed by atoms with van der Waals surface area (Å²) in [5, 5.41) is 21.6. The van der Waals surface area contributed by atoms with Crippen LogP contribution in [-0.4, -0.2) is 22.1 Å². The first-order chi connectivity index (χ1) is 9.66. The molecular weight excluding hydrogens is 270 g/mol. The van der Waals surface area contributed by atoms with Gasteiger partial charge in [-0.1, -0.05) is 33.8 Å². The van der Waals surface area contributed by atoms with Gasteiger partial charge in [-0.15, -0.1) is 0 Å². The molecule has 1 aliphatic rings. The van der Waals surface area contributed by atoms with Gasteiger partial charge in [0.15, 0.2) is 0 Å². The third kappa shape index (κ3) is 2.73. The highest BCUT2D eigenvalue weighted by Crippen LogP contribution is 2.58. The van der Waals surface area contributed by atoms with E-state index in [1.165, 1.54) is 6.07 Å². The molecule has 3 N–H and O–H groups in total. The number of hydrogen-bond donors (Lipinski definition) is 3. The van der Waals surface area contributed by atoms with Gasteiger partial charge in [0.05, 0.1) is 17.5 Å². The maximum atomic E-state index is 12.3. The lowest BCUT2D eigenvalue weighted by Crippen LogP contribution is -2.18. The Morgan fingerprint density at radius 2 is 1.86 bits per heavy atom. The van der Waals surface area contributed by atoms with Crippen molar-refractivity contribution in [3.63, 3.8) is 0 Å². The number of aromatic hydroxyl groups is 1. The fourth-order valence-corrected chi connectivity index (χ4v) is 2.81. The van der Waals surface area contributed by atoms with E-state index in [9.17, 15) is 14.7 Å². The molecule has 0 saturated heterocycles. The molecule has 5 heteroatoms. The largest absolute Gasteiger partial charge is 0.506 e. The average molecular weight is 291 g/mol. The molecule has 0 aromatic heterocycles. The number of carboxylic acid groups (broad SMARTS) is 1. The minimum absolute atomic E-state index is 0.0157. The van der Waals surface area contributed by atoms with Crippen LogP contribution in [0.15, 0.2) is 18.2 Å². The summed E-state index contributed by atoms with van der Waals surface area (Å²) in [5.74, 6) is -2.31. The molecular formula is C16H21NO4. The summed E-state index contributed by atoms with van der Waals surface area (Å²) in [6.45, 7) is 7.56. The van der Waals surface area contributed by atoms with Gasteiger partial charge in [0.2, 0.25) is 5.91 Å². The van der Waals surface area contributed by atoms with Crippen LogP contribution in [0.2, 0.25) is 0 Å². The fourth-order valence-electron chi connectivity index (χ4n) is 2.81. The van der Waals surface area contributed by atoms with Gasteiger partial charge in [-0.2, -0.15) is 0 Å². The van der Waals surface area contributed by atoms with Crippen molar-refractivity contribution < 1.29 is 19.8 Å². The van der Waals surface area contributed by atoms with E-state index in [1.807, 2.05) is 13.8 Å². The molecule has 2 rings (SSSR count). The van der Waals surface area contributed by atoms with Crippen molar-refractivity contribution in [2.75, 3.05) is 5.32 Å². The lowest BCUT2D eigenvalue weighted by Gasteiger charge is -2.12. The summed E-state index contributed by atoms with van der Waals surface area (Å²) in [7, 11) is 0. The van der Waals surface area contributed by atoms with Crippen molar-refractivity contribution in [1.82, 2.24) is 0 Å². The zero-order valence-electron chi connectivity index (χ0n) is 12.7. The minimum Gasteiger partial charge on any atom is -0.506 e. The van der Waals surface area contributed by atoms with E-state index in [2.05, 4.69) is 5.32 Å². The van der Waals surface area contributed by atoms with Crippen molar-refractivity contribution in [3.8, 4) is 5.75 Å². The van der Waals surface area contributed by atoms with Gasteiger partial charge < -0.3 is 15.5 Å². The Morgan fingerprint density at radius 3 is 2.33 bits per heavy atom. The molecule has 0 aliphatic heterocycles. The Kier molecular flexibility index (Phi) is 3.70. The Balaban J connectivity index is 2.18. The summed E-state index contributed by atoms with van der Waals surface area (Å²) < 4.78 is 0. The standard InChI is InChI=1S/C16H21NO4/c1-8(2)9-5-6-11(18)10(7-9)17-14(19)12-13(15(20)21)16(12,3)4/h5-8,12-13,18H,1-4H3,(H,17,19)(H,20,21)/t12-,13+/m0/s1. The van der Waals surface area contributed by atoms with Gasteiger partial charge in [0, 0.05) is 0 Å². The first-order valence-corrected chi connectivity index (χ1v) is 7.02. The Bertz CT molecular complexity index is 592. The molecule has 0 bridgehead atoms. The summed E-state index contributed by atoms with van der Waals surface area (Å²) in [6.07, 6.45) is 0. The van der Waals surface area contributed by atoms with Gasteiger partial charge in [-0.3, -0.25) is 9.59 Å². The van der Waals surface area contributed by atoms with Crippen molar-refractivity contribution in [1.29, 1.82) is 0 Å². The molecule has 114 valence electrons. The van der Waals surface area contributed by atoms with Gasteiger partial charge >= 0.3 is 5.97 Å². The SMILES string of the molecule is CC(C)c1ccc(O)c(NC(=O)[C@@H]2[C@H](C(=O)O)C2(C)C)c1. The van der Waals surface area contributed by atoms with Crippen molar-refractivity contribution in [2.24, 2.45) is 17.3 Å². The number of phenols is 1. The topological polar surface area (TPSA) is 86.6 Å². The average Bonchev–Trinajstić information content (AvgIpc) is 2.95. The maximum Gasteiger partial charge on any atom is 0.307 e. The van der Waals surface area contributed by atoms with E-state index in [-0.39, 0.29) is 17.6 Å². The highest BCUT2D eigenvalue weighted by molar-refractivity contribution is 6.00. The minimum atomic E-state index is -0.958. The zero-order valence-corrected chi connectivity index (χ0v) is 12.7. The molecule has 0 radical (unpaired) electrons. The second-order valence-corrected chi connectivity index (χ2v) is 6.54. The predicted octanol–water partition coefficient (Wildman–Crippen LogP) is 2.81. The lowest BCUT2D eigenvalue weighted by molar-refractivity contribution is -0.140. The van der Waals surface area contributed by atoms with Crippen LogP contribution in [0, 0.1) is 17.3 Å². The second kappa shape index (κ2) is 5.06. The Morgan fingerprint density at radius 1 is 1.24 bits per heavy atom. The molecule has 1 amide bonds. The molecule has 1 aromatic rings. The number of amides is 1. The van der Waals surface area contributed by atoms with Crippen molar-refractivity contribution >= 4 is 17.6 Å². The molecule has 21 heavy (non-hydrogen) atoms. The van der Waals surface area contributed by atoms with E-state index < -0.39 is 23.2 Å². The van der Waals surface area contributed by atoms with Crippen LogP contribution in [0.3, 0.4) is 0 Å². The molecule has 5 nitrogen and oxygen atoms in total. The number of nitrogens with one attached hydrogen (secondary N) is 1. The number of phenolic OH excluding ortho intramolecular Hbond substituents is 1. The maximum absolute atomic E-state index is 12.3. The summed E-state index contributed by atoms with van der Waals surface area (Å²) >= 11 is 0. The number of anilines is 1. The van der Waals surface area contributed by atoms with E-state index in [0.29, 0.717) is 5.69 Å². The number of aliphatic carboxylic acids is 1. The van der Waals surface area contributed by atoms with E-state index >= 15 is 0 Å². The number of carbonyl (C=O) groups is 2. The van der Waals surface area contributed by atoms with Crippen LogP contribution in [0.4, 0.5) is 5.69 Å². The molecule has 0 heterocycles. The smallest absolute Gasteiger partial charge is 0.307 e. The number of benzene rings is 1. The highest BCUT2D eigenvalue weighted by atomic mass is 16.4. The van der Waals surface area contributed by atoms with E-state index in [1.54, 1.807) is 26.0 Å². The zero-order chi connectivity index (χ0) is 15.9. The van der Waals surface area contributed by atoms with Crippen LogP contribution < -0.4 is 5.32 Å². The number of carbonyl (C=O) groups excluding carboxylic acids is 1. The monoisotopic (exact) mass is 291 g/mol. The van der Waals surface area contributed by atoms with Gasteiger partial charge in [-0.05, 0) is 29.0 Å². The van der Waals surface area contributed by atoms with Gasteiger partial charge in [0.25, 0.3) is 0 Å². The van der Waals surface area contributed by atoms with E-state index in [4.69, 9.17) is 5.11 Å². The first kappa shape index (κ1) is 15.4. The van der Waals surface area contributed by atoms with E-state index in [0.717, 1.165) is 5.56 Å². The molecule has 1 saturated carbocycles. The predicted molar refractivity (Wildman–Crippen MR) is 79.2 cm³/mol. The quantitative estimate of drug-likeness (QED) is 0.744. The molecule has 1 aliphatic carbocycles. The lowest BCUT2D eigenvalue weighted by atomic mass is 10.0. The summed E-state index contributed by atoms with van der Waals surface area (Å²) in [6, 6.07) is 5.07. The van der Waals surface area contributed by atoms with Gasteiger partial charge in [0.1, 0.15) is 5.75 Å². The third-order valence-corrected chi connectivity index (χ3v) is 4.32. The van der Waals surface area contributed by atoms with Crippen LogP contribution in [-0.2, 0) is 9.59 Å². The third-order valence-electron chi connectivity index (χ3n) is 4.32. The van der Waals surface area contributed by atoms with Crippen molar-refractivity contribution in [3.05, 3.63) is 23.8 Å². The molecule has 2 atom stereocenters. The molecule has 1 aromatic carbocycles. The summed E-state index contributed by atoms with van der Waals surface area (Å²) in [4.78, 5) is 23.4. The summed E-state index contributed by atoms with van der Waals surface area (Å²) in [5.41, 5.74) is 0.771.